The Labute approximate surface area is 544 Å². The SMILES string of the molecule is [2H]c1c([2H])c(-c2ccccc2)c(N2c3cc(-n4c5ccccc5c5ccccc54)ccc3B3c4ccc(-n5c6ccccc6c6ccccc65)cc4N(c4c(-c5ccccc5)c([2H])c([2H])c([2H])c4-c4ccccc4)c4cc(-c5c(C)cc(C)cc5C)cc2c43)c(-c2ccccc2)c1[2H]. The van der Waals surface area contributed by atoms with Crippen molar-refractivity contribution in [1.82, 2.24) is 9.13 Å². The van der Waals surface area contributed by atoms with Gasteiger partial charge in [0, 0.05) is 77.9 Å². The van der Waals surface area contributed by atoms with Crippen molar-refractivity contribution in [2.45, 2.75) is 20.8 Å². The lowest BCUT2D eigenvalue weighted by Gasteiger charge is -2.46. The van der Waals surface area contributed by atoms with Crippen molar-refractivity contribution in [3.63, 3.8) is 0 Å². The zero-order chi connectivity index (χ0) is 66.4. The highest BCUT2D eigenvalue weighted by atomic mass is 15.2. The minimum Gasteiger partial charge on any atom is -0.310 e. The molecule has 16 aromatic rings. The number of para-hydroxylation sites is 6. The quantitative estimate of drug-likeness (QED) is 0.134. The van der Waals surface area contributed by atoms with Crippen molar-refractivity contribution in [2.75, 3.05) is 9.80 Å². The van der Waals surface area contributed by atoms with Crippen molar-refractivity contribution in [3.8, 4) is 67.0 Å². The summed E-state index contributed by atoms with van der Waals surface area (Å²) in [6.45, 7) is 5.99. The van der Waals surface area contributed by atoms with Gasteiger partial charge in [0.1, 0.15) is 0 Å². The molecule has 2 aromatic heterocycles. The fourth-order valence-corrected chi connectivity index (χ4v) is 15.4. The molecule has 0 amide bonds. The number of rotatable bonds is 9. The van der Waals surface area contributed by atoms with Crippen molar-refractivity contribution in [1.29, 1.82) is 0 Å². The van der Waals surface area contributed by atoms with Gasteiger partial charge in [0.25, 0.3) is 6.71 Å². The van der Waals surface area contributed by atoms with E-state index in [1.165, 1.54) is 0 Å². The van der Waals surface area contributed by atoms with Crippen LogP contribution in [0.25, 0.3) is 111 Å². The maximum absolute atomic E-state index is 10.4. The molecule has 18 rings (SSSR count). The fourth-order valence-electron chi connectivity index (χ4n) is 15.4. The Balaban J connectivity index is 1.07. The van der Waals surface area contributed by atoms with E-state index in [-0.39, 0.29) is 36.3 Å². The molecule has 4 heterocycles. The van der Waals surface area contributed by atoms with Crippen molar-refractivity contribution in [3.05, 3.63) is 332 Å². The summed E-state index contributed by atoms with van der Waals surface area (Å²) < 4.78 is 65.9. The average Bonchev–Trinajstić information content (AvgIpc) is 0.848. The molecule has 432 valence electrons. The van der Waals surface area contributed by atoms with Crippen molar-refractivity contribution >= 4 is 101 Å². The van der Waals surface area contributed by atoms with Gasteiger partial charge in [-0.15, -0.1) is 0 Å². The predicted octanol–water partition coefficient (Wildman–Crippen LogP) is 21.2. The molecule has 4 nitrogen and oxygen atoms in total. The molecule has 0 bridgehead atoms. The molecular weight excluding hydrogens is 1110 g/mol. The molecule has 0 aliphatic carbocycles. The van der Waals surface area contributed by atoms with Crippen LogP contribution in [0.15, 0.2) is 315 Å². The van der Waals surface area contributed by atoms with Gasteiger partial charge in [0.2, 0.25) is 0 Å². The number of hydrogen-bond acceptors (Lipinski definition) is 2. The van der Waals surface area contributed by atoms with Crippen LogP contribution in [0.5, 0.6) is 0 Å². The summed E-state index contributed by atoms with van der Waals surface area (Å²) in [4.78, 5) is 4.66. The van der Waals surface area contributed by atoms with Crippen LogP contribution in [0.2, 0.25) is 0 Å². The lowest BCUT2D eigenvalue weighted by atomic mass is 9.33. The monoisotopic (exact) mass is 1180 g/mol. The van der Waals surface area contributed by atoms with Gasteiger partial charge in [-0.1, -0.05) is 260 Å². The molecule has 14 aromatic carbocycles. The topological polar surface area (TPSA) is 16.3 Å². The number of fused-ring (bicyclic) bond motifs is 10. The van der Waals surface area contributed by atoms with E-state index in [1.807, 2.05) is 121 Å². The Morgan fingerprint density at radius 3 is 0.957 bits per heavy atom. The first-order valence-corrected chi connectivity index (χ1v) is 31.5. The largest absolute Gasteiger partial charge is 0.310 e. The second-order valence-electron chi connectivity index (χ2n) is 24.4. The van der Waals surface area contributed by atoms with Crippen LogP contribution in [-0.2, 0) is 0 Å². The summed E-state index contributed by atoms with van der Waals surface area (Å²) in [5.41, 5.74) is 23.4. The van der Waals surface area contributed by atoms with Gasteiger partial charge < -0.3 is 18.9 Å². The summed E-state index contributed by atoms with van der Waals surface area (Å²) in [5, 5.41) is 4.49. The third-order valence-corrected chi connectivity index (χ3v) is 19.1. The van der Waals surface area contributed by atoms with E-state index in [1.54, 1.807) is 0 Å². The highest BCUT2D eigenvalue weighted by molar-refractivity contribution is 7.00. The van der Waals surface area contributed by atoms with E-state index < -0.39 is 6.71 Å². The number of hydrogen-bond donors (Lipinski definition) is 0. The second kappa shape index (κ2) is 21.3. The second-order valence-corrected chi connectivity index (χ2v) is 24.4. The molecule has 0 fully saturated rings. The Morgan fingerprint density at radius 1 is 0.304 bits per heavy atom. The van der Waals surface area contributed by atoms with E-state index >= 15 is 0 Å². The summed E-state index contributed by atoms with van der Waals surface area (Å²) in [6.07, 6.45) is 0. The molecule has 0 spiro atoms. The predicted molar refractivity (Wildman–Crippen MR) is 391 cm³/mol. The van der Waals surface area contributed by atoms with Gasteiger partial charge in [-0.05, 0) is 142 Å². The molecule has 5 heteroatoms. The molecule has 0 unspecified atom stereocenters. The van der Waals surface area contributed by atoms with Crippen LogP contribution < -0.4 is 26.2 Å². The first-order chi connectivity index (χ1) is 47.9. The van der Waals surface area contributed by atoms with Crippen LogP contribution in [0, 0.1) is 20.8 Å². The molecule has 2 aliphatic rings. The van der Waals surface area contributed by atoms with Crippen LogP contribution in [0.3, 0.4) is 0 Å². The van der Waals surface area contributed by atoms with Gasteiger partial charge in [-0.2, -0.15) is 0 Å². The lowest BCUT2D eigenvalue weighted by Crippen LogP contribution is -2.61. The van der Waals surface area contributed by atoms with Gasteiger partial charge in [0.15, 0.2) is 0 Å². The van der Waals surface area contributed by atoms with E-state index in [2.05, 4.69) is 197 Å². The third-order valence-electron chi connectivity index (χ3n) is 19.1. The minimum atomic E-state index is -0.505. The van der Waals surface area contributed by atoms with Gasteiger partial charge in [-0.3, -0.25) is 0 Å². The molecular formula is C87H61BN4. The fraction of sp³-hybridized carbons (Fsp3) is 0.0345. The van der Waals surface area contributed by atoms with E-state index in [0.29, 0.717) is 33.6 Å². The smallest absolute Gasteiger partial charge is 0.252 e. The standard InChI is InChI=1S/C87H61BN4/c1-56-50-57(2)84(58(3)51-56)63-52-82-85-83(53-63)92(87-68(61-30-12-6-13-31-61)40-25-41-69(87)62-32-14-7-15-33-62)81-55-65(90-78-44-22-18-36-72(78)73-37-19-23-45-79(73)90)47-49-75(81)88(85)74-48-46-64(89-76-42-20-16-34-70(76)71-35-17-21-43-77(71)89)54-80(74)91(82)86-66(59-26-8-4-9-27-59)38-24-39-67(86)60-28-10-5-11-29-60/h4-55H,1-3H3/i24D,25D,38D,39D,40D,41D. The van der Waals surface area contributed by atoms with Gasteiger partial charge in [0.05, 0.1) is 41.7 Å². The van der Waals surface area contributed by atoms with Crippen LogP contribution in [0.1, 0.15) is 24.9 Å². The summed E-state index contributed by atoms with van der Waals surface area (Å²) in [7, 11) is 0. The molecule has 92 heavy (non-hydrogen) atoms. The maximum atomic E-state index is 10.4. The van der Waals surface area contributed by atoms with Crippen LogP contribution in [-0.4, -0.2) is 15.8 Å². The van der Waals surface area contributed by atoms with Gasteiger partial charge in [-0.25, -0.2) is 0 Å². The Kier molecular flexibility index (Phi) is 10.9. The Hall–Kier alpha value is -11.7. The molecule has 0 radical (unpaired) electrons. The molecule has 0 saturated heterocycles. The van der Waals surface area contributed by atoms with Crippen molar-refractivity contribution in [2.24, 2.45) is 0 Å². The molecule has 0 N–H and O–H groups in total. The maximum Gasteiger partial charge on any atom is 0.252 e. The summed E-state index contributed by atoms with van der Waals surface area (Å²) >= 11 is 0. The van der Waals surface area contributed by atoms with Crippen LogP contribution in [0.4, 0.5) is 34.1 Å². The Morgan fingerprint density at radius 2 is 0.620 bits per heavy atom. The number of aryl methyl sites for hydroxylation is 3. The van der Waals surface area contributed by atoms with Crippen LogP contribution >= 0.6 is 0 Å². The third kappa shape index (κ3) is 8.25. The summed E-state index contributed by atoms with van der Waals surface area (Å²) in [5.74, 6) is 0. The first kappa shape index (κ1) is 47.4. The highest BCUT2D eigenvalue weighted by Gasteiger charge is 2.46. The highest BCUT2D eigenvalue weighted by Crippen LogP contribution is 2.54. The van der Waals surface area contributed by atoms with E-state index in [9.17, 15) is 8.22 Å². The number of benzene rings is 14. The minimum absolute atomic E-state index is 0.0700. The summed E-state index contributed by atoms with van der Waals surface area (Å²) in [6, 6.07) is 96.2. The lowest BCUT2D eigenvalue weighted by molar-refractivity contribution is 1.17. The zero-order valence-corrected chi connectivity index (χ0v) is 50.9. The average molecular weight is 1180 g/mol. The van der Waals surface area contributed by atoms with Gasteiger partial charge >= 0.3 is 0 Å². The molecule has 0 saturated carbocycles. The number of nitrogens with zero attached hydrogens (tertiary/aromatic N) is 4. The zero-order valence-electron chi connectivity index (χ0n) is 56.9. The van der Waals surface area contributed by atoms with E-state index in [4.69, 9.17) is 0 Å². The molecule has 2 aliphatic heterocycles. The number of aromatic nitrogens is 2. The number of anilines is 6. The first-order valence-electron chi connectivity index (χ1n) is 34.5. The van der Waals surface area contributed by atoms with Crippen molar-refractivity contribution < 1.29 is 8.22 Å². The van der Waals surface area contributed by atoms with E-state index in [0.717, 1.165) is 144 Å². The molecule has 0 atom stereocenters. The Bertz CT molecular complexity index is 5410. The normalized spacial score (nSPS) is 13.4.